The summed E-state index contributed by atoms with van der Waals surface area (Å²) in [6, 6.07) is 11.7. The Morgan fingerprint density at radius 3 is 2.52 bits per heavy atom. The van der Waals surface area contributed by atoms with Gasteiger partial charge in [0.05, 0.1) is 13.2 Å². The second kappa shape index (κ2) is 8.62. The number of guanidine groups is 1. The van der Waals surface area contributed by atoms with Crippen molar-refractivity contribution in [1.82, 2.24) is 4.90 Å². The predicted molar refractivity (Wildman–Crippen MR) is 105 cm³/mol. The fourth-order valence-corrected chi connectivity index (χ4v) is 3.05. The lowest BCUT2D eigenvalue weighted by atomic mass is 10.2. The number of phenolic OH excluding ortho intramolecular Hbond substituents is 1. The van der Waals surface area contributed by atoms with Crippen LogP contribution in [0.15, 0.2) is 47.5 Å². The second-order valence-electron chi connectivity index (χ2n) is 6.36. The molecule has 0 saturated carbocycles. The number of anilines is 1. The van der Waals surface area contributed by atoms with Gasteiger partial charge in [-0.1, -0.05) is 6.07 Å². The number of aromatic hydroxyl groups is 1. The number of nitrogens with two attached hydrogens (primary N) is 1. The number of rotatable bonds is 5. The molecule has 0 atom stereocenters. The van der Waals surface area contributed by atoms with Crippen LogP contribution in [0.5, 0.6) is 11.5 Å². The highest BCUT2D eigenvalue weighted by Crippen LogP contribution is 2.27. The number of aliphatic imine (C=N–C) groups is 1. The van der Waals surface area contributed by atoms with Crippen molar-refractivity contribution in [2.24, 2.45) is 10.7 Å². The van der Waals surface area contributed by atoms with Crippen molar-refractivity contribution >= 4 is 11.6 Å². The van der Waals surface area contributed by atoms with E-state index in [9.17, 15) is 9.50 Å². The third-order valence-corrected chi connectivity index (χ3v) is 4.54. The third kappa shape index (κ3) is 4.81. The maximum Gasteiger partial charge on any atom is 0.191 e. The summed E-state index contributed by atoms with van der Waals surface area (Å²) in [7, 11) is 0. The molecule has 6 nitrogen and oxygen atoms in total. The van der Waals surface area contributed by atoms with Crippen molar-refractivity contribution in [3.8, 4) is 11.5 Å². The van der Waals surface area contributed by atoms with E-state index in [2.05, 4.69) is 9.89 Å². The van der Waals surface area contributed by atoms with Crippen molar-refractivity contribution in [2.45, 2.75) is 13.5 Å². The number of benzene rings is 2. The Bertz CT molecular complexity index is 787. The zero-order valence-electron chi connectivity index (χ0n) is 15.4. The molecule has 0 bridgehead atoms. The molecule has 0 aliphatic carbocycles. The molecule has 1 heterocycles. The average molecular weight is 372 g/mol. The highest BCUT2D eigenvalue weighted by molar-refractivity contribution is 5.78. The molecule has 3 rings (SSSR count). The first-order valence-corrected chi connectivity index (χ1v) is 9.07. The van der Waals surface area contributed by atoms with Gasteiger partial charge in [-0.2, -0.15) is 0 Å². The standard InChI is InChI=1S/C20H25FN4O2/c1-2-27-19-13-15(3-8-18(19)26)14-23-20(22)25-11-9-24(10-12-25)17-6-4-16(21)5-7-17/h3-8,13,26H,2,9-12,14H2,1H3,(H2,22,23). The van der Waals surface area contributed by atoms with Gasteiger partial charge in [0, 0.05) is 31.9 Å². The quantitative estimate of drug-likeness (QED) is 0.623. The predicted octanol–water partition coefficient (Wildman–Crippen LogP) is 2.57. The molecule has 0 amide bonds. The Morgan fingerprint density at radius 1 is 1.15 bits per heavy atom. The van der Waals surface area contributed by atoms with Gasteiger partial charge in [-0.05, 0) is 48.9 Å². The van der Waals surface area contributed by atoms with Gasteiger partial charge in [-0.3, -0.25) is 0 Å². The van der Waals surface area contributed by atoms with Gasteiger partial charge < -0.3 is 25.4 Å². The van der Waals surface area contributed by atoms with E-state index in [1.165, 1.54) is 12.1 Å². The van der Waals surface area contributed by atoms with E-state index >= 15 is 0 Å². The van der Waals surface area contributed by atoms with Gasteiger partial charge in [0.1, 0.15) is 5.82 Å². The zero-order chi connectivity index (χ0) is 19.2. The van der Waals surface area contributed by atoms with Crippen molar-refractivity contribution in [1.29, 1.82) is 0 Å². The number of ether oxygens (including phenoxy) is 1. The van der Waals surface area contributed by atoms with Crippen LogP contribution in [0.1, 0.15) is 12.5 Å². The molecule has 1 fully saturated rings. The first-order chi connectivity index (χ1) is 13.1. The fourth-order valence-electron chi connectivity index (χ4n) is 3.05. The minimum Gasteiger partial charge on any atom is -0.504 e. The van der Waals surface area contributed by atoms with Crippen LogP contribution in [0.3, 0.4) is 0 Å². The average Bonchev–Trinajstić information content (AvgIpc) is 2.69. The summed E-state index contributed by atoms with van der Waals surface area (Å²) in [6.45, 7) is 5.89. The molecule has 27 heavy (non-hydrogen) atoms. The Hall–Kier alpha value is -2.96. The van der Waals surface area contributed by atoms with E-state index in [4.69, 9.17) is 10.5 Å². The number of halogens is 1. The van der Waals surface area contributed by atoms with Crippen LogP contribution in [0, 0.1) is 5.82 Å². The summed E-state index contributed by atoms with van der Waals surface area (Å²) in [4.78, 5) is 8.72. The summed E-state index contributed by atoms with van der Waals surface area (Å²) >= 11 is 0. The van der Waals surface area contributed by atoms with Crippen molar-refractivity contribution in [2.75, 3.05) is 37.7 Å². The highest BCUT2D eigenvalue weighted by Gasteiger charge is 2.18. The zero-order valence-corrected chi connectivity index (χ0v) is 15.4. The SMILES string of the molecule is CCOc1cc(CN=C(N)N2CCN(c3ccc(F)cc3)CC2)ccc1O. The van der Waals surface area contributed by atoms with Gasteiger partial charge in [0.2, 0.25) is 0 Å². The van der Waals surface area contributed by atoms with Crippen molar-refractivity contribution in [3.05, 3.63) is 53.8 Å². The lowest BCUT2D eigenvalue weighted by molar-refractivity contribution is 0.318. The lowest BCUT2D eigenvalue weighted by Crippen LogP contribution is -2.51. The monoisotopic (exact) mass is 372 g/mol. The van der Waals surface area contributed by atoms with E-state index in [1.807, 2.05) is 11.8 Å². The van der Waals surface area contributed by atoms with Crippen LogP contribution < -0.4 is 15.4 Å². The summed E-state index contributed by atoms with van der Waals surface area (Å²) < 4.78 is 18.4. The summed E-state index contributed by atoms with van der Waals surface area (Å²) in [5.74, 6) is 0.849. The second-order valence-corrected chi connectivity index (χ2v) is 6.36. The number of piperazine rings is 1. The fraction of sp³-hybridized carbons (Fsp3) is 0.350. The molecule has 0 unspecified atom stereocenters. The molecule has 144 valence electrons. The maximum absolute atomic E-state index is 13.1. The molecule has 2 aromatic rings. The Balaban J connectivity index is 1.56. The van der Waals surface area contributed by atoms with Crippen LogP contribution in [-0.2, 0) is 6.54 Å². The van der Waals surface area contributed by atoms with Gasteiger partial charge in [-0.25, -0.2) is 9.38 Å². The van der Waals surface area contributed by atoms with Gasteiger partial charge in [0.15, 0.2) is 17.5 Å². The molecule has 3 N–H and O–H groups in total. The van der Waals surface area contributed by atoms with E-state index in [0.717, 1.165) is 37.4 Å². The van der Waals surface area contributed by atoms with Crippen LogP contribution in [0.2, 0.25) is 0 Å². The smallest absolute Gasteiger partial charge is 0.191 e. The molecule has 1 aliphatic heterocycles. The first kappa shape index (κ1) is 18.8. The van der Waals surface area contributed by atoms with E-state index < -0.39 is 0 Å². The number of hydrogen-bond acceptors (Lipinski definition) is 4. The number of phenols is 1. The normalized spacial score (nSPS) is 15.1. The molecule has 2 aromatic carbocycles. The van der Waals surface area contributed by atoms with Gasteiger partial charge in [0.25, 0.3) is 0 Å². The minimum atomic E-state index is -0.226. The molecular weight excluding hydrogens is 347 g/mol. The van der Waals surface area contributed by atoms with Gasteiger partial charge in [-0.15, -0.1) is 0 Å². The molecule has 1 saturated heterocycles. The Labute approximate surface area is 158 Å². The molecule has 0 spiro atoms. The Morgan fingerprint density at radius 2 is 1.85 bits per heavy atom. The van der Waals surface area contributed by atoms with Crippen LogP contribution in [0.25, 0.3) is 0 Å². The first-order valence-electron chi connectivity index (χ1n) is 9.07. The summed E-state index contributed by atoms with van der Waals surface area (Å²) in [6.07, 6.45) is 0. The topological polar surface area (TPSA) is 74.3 Å². The molecule has 1 aliphatic rings. The summed E-state index contributed by atoms with van der Waals surface area (Å²) in [5, 5.41) is 9.76. The molecule has 0 radical (unpaired) electrons. The lowest BCUT2D eigenvalue weighted by Gasteiger charge is -2.36. The third-order valence-electron chi connectivity index (χ3n) is 4.54. The molecule has 7 heteroatoms. The Kier molecular flexibility index (Phi) is 6.01. The number of nitrogens with zero attached hydrogens (tertiary/aromatic N) is 3. The number of hydrogen-bond donors (Lipinski definition) is 2. The van der Waals surface area contributed by atoms with Crippen LogP contribution in [-0.4, -0.2) is 48.8 Å². The maximum atomic E-state index is 13.1. The largest absolute Gasteiger partial charge is 0.504 e. The highest BCUT2D eigenvalue weighted by atomic mass is 19.1. The van der Waals surface area contributed by atoms with Crippen molar-refractivity contribution in [3.63, 3.8) is 0 Å². The van der Waals surface area contributed by atoms with E-state index in [-0.39, 0.29) is 11.6 Å². The van der Waals surface area contributed by atoms with E-state index in [0.29, 0.717) is 24.9 Å². The minimum absolute atomic E-state index is 0.120. The molecular formula is C20H25FN4O2. The molecule has 0 aromatic heterocycles. The van der Waals surface area contributed by atoms with Gasteiger partial charge >= 0.3 is 0 Å². The van der Waals surface area contributed by atoms with Crippen LogP contribution in [0.4, 0.5) is 10.1 Å². The summed E-state index contributed by atoms with van der Waals surface area (Å²) in [5.41, 5.74) is 8.09. The van der Waals surface area contributed by atoms with Crippen molar-refractivity contribution < 1.29 is 14.2 Å². The van der Waals surface area contributed by atoms with Crippen LogP contribution >= 0.6 is 0 Å². The van der Waals surface area contributed by atoms with E-state index in [1.54, 1.807) is 30.3 Å².